The molecule has 0 unspecified atom stereocenters. The Morgan fingerprint density at radius 1 is 0.842 bits per heavy atom. The van der Waals surface area contributed by atoms with Crippen molar-refractivity contribution >= 4 is 29.0 Å². The third-order valence-corrected chi connectivity index (χ3v) is 2.95. The Labute approximate surface area is 130 Å². The SMILES string of the molecule is CN(C)C(=O)C(c1ccccc1)c1ccccc1.[MgH2]. The number of amides is 1. The van der Waals surface area contributed by atoms with Gasteiger partial charge in [-0.05, 0) is 11.1 Å². The summed E-state index contributed by atoms with van der Waals surface area (Å²) >= 11 is 0. The third kappa shape index (κ3) is 3.82. The number of hydrogen-bond donors (Lipinski definition) is 0. The maximum absolute atomic E-state index is 12.4. The zero-order valence-electron chi connectivity index (χ0n) is 10.7. The van der Waals surface area contributed by atoms with Gasteiger partial charge >= 0.3 is 23.1 Å². The molecule has 0 heterocycles. The van der Waals surface area contributed by atoms with Gasteiger partial charge in [0.25, 0.3) is 0 Å². The van der Waals surface area contributed by atoms with E-state index in [4.69, 9.17) is 0 Å². The summed E-state index contributed by atoms with van der Waals surface area (Å²) in [5, 5.41) is 0. The van der Waals surface area contributed by atoms with Crippen molar-refractivity contribution in [1.29, 1.82) is 0 Å². The Kier molecular flexibility index (Phi) is 6.05. The number of carbonyl (C=O) groups excluding carboxylic acids is 1. The first-order valence-corrected chi connectivity index (χ1v) is 6.01. The van der Waals surface area contributed by atoms with Crippen molar-refractivity contribution in [2.24, 2.45) is 0 Å². The molecular formula is C16H19MgNO. The standard InChI is InChI=1S/C16H17NO.Mg.2H/c1-17(2)16(18)15(13-9-5-3-6-10-13)14-11-7-4-8-12-14;;;/h3-12,15H,1-2H3;;;. The van der Waals surface area contributed by atoms with Crippen LogP contribution in [0.15, 0.2) is 60.7 Å². The molecule has 19 heavy (non-hydrogen) atoms. The Bertz CT molecular complexity index is 471. The number of benzene rings is 2. The van der Waals surface area contributed by atoms with Gasteiger partial charge in [0.05, 0.1) is 5.92 Å². The van der Waals surface area contributed by atoms with Crippen LogP contribution in [0.4, 0.5) is 0 Å². The minimum absolute atomic E-state index is 0. The molecule has 0 bridgehead atoms. The minimum atomic E-state index is -0.220. The fourth-order valence-corrected chi connectivity index (χ4v) is 2.03. The molecule has 96 valence electrons. The average molecular weight is 266 g/mol. The molecule has 0 N–H and O–H groups in total. The fourth-order valence-electron chi connectivity index (χ4n) is 2.03. The summed E-state index contributed by atoms with van der Waals surface area (Å²) in [4.78, 5) is 14.0. The highest BCUT2D eigenvalue weighted by molar-refractivity contribution is 5.86. The Morgan fingerprint density at radius 3 is 1.53 bits per heavy atom. The molecule has 0 saturated carbocycles. The monoisotopic (exact) mass is 265 g/mol. The normalized spacial score (nSPS) is 9.84. The average Bonchev–Trinajstić information content (AvgIpc) is 2.41. The van der Waals surface area contributed by atoms with Crippen molar-refractivity contribution < 1.29 is 4.79 Å². The summed E-state index contributed by atoms with van der Waals surface area (Å²) in [5.74, 6) is -0.116. The second kappa shape index (κ2) is 7.31. The van der Waals surface area contributed by atoms with Crippen LogP contribution in [0, 0.1) is 0 Å². The molecule has 2 rings (SSSR count). The maximum Gasteiger partial charge on any atom is 0.316 e. The predicted molar refractivity (Wildman–Crippen MR) is 82.0 cm³/mol. The highest BCUT2D eigenvalue weighted by atomic mass is 24.3. The molecule has 0 aliphatic rings. The van der Waals surface area contributed by atoms with E-state index in [0.29, 0.717) is 0 Å². The Morgan fingerprint density at radius 2 is 1.21 bits per heavy atom. The van der Waals surface area contributed by atoms with E-state index in [9.17, 15) is 4.79 Å². The molecule has 0 radical (unpaired) electrons. The molecule has 2 aromatic rings. The molecule has 0 atom stereocenters. The summed E-state index contributed by atoms with van der Waals surface area (Å²) in [7, 11) is 3.59. The largest absolute Gasteiger partial charge is 0.348 e. The second-order valence-electron chi connectivity index (χ2n) is 4.49. The van der Waals surface area contributed by atoms with E-state index in [0.717, 1.165) is 11.1 Å². The topological polar surface area (TPSA) is 20.3 Å². The van der Waals surface area contributed by atoms with E-state index < -0.39 is 0 Å². The molecule has 2 aromatic carbocycles. The van der Waals surface area contributed by atoms with Crippen LogP contribution in [-0.4, -0.2) is 48.0 Å². The van der Waals surface area contributed by atoms with Crippen molar-refractivity contribution in [3.05, 3.63) is 71.8 Å². The van der Waals surface area contributed by atoms with E-state index in [-0.39, 0.29) is 34.9 Å². The van der Waals surface area contributed by atoms with Crippen molar-refractivity contribution in [1.82, 2.24) is 4.90 Å². The van der Waals surface area contributed by atoms with Crippen molar-refractivity contribution in [2.45, 2.75) is 5.92 Å². The third-order valence-electron chi connectivity index (χ3n) is 2.95. The maximum atomic E-state index is 12.4. The highest BCUT2D eigenvalue weighted by Gasteiger charge is 2.23. The predicted octanol–water partition coefficient (Wildman–Crippen LogP) is 1.99. The highest BCUT2D eigenvalue weighted by Crippen LogP contribution is 2.25. The fraction of sp³-hybridized carbons (Fsp3) is 0.188. The van der Waals surface area contributed by atoms with Gasteiger partial charge in [-0.3, -0.25) is 4.79 Å². The minimum Gasteiger partial charge on any atom is -0.348 e. The molecule has 0 aromatic heterocycles. The summed E-state index contributed by atoms with van der Waals surface area (Å²) in [6, 6.07) is 19.8. The van der Waals surface area contributed by atoms with Crippen molar-refractivity contribution in [3.8, 4) is 0 Å². The van der Waals surface area contributed by atoms with Gasteiger partial charge in [0.2, 0.25) is 5.91 Å². The van der Waals surface area contributed by atoms with E-state index in [1.807, 2.05) is 60.7 Å². The molecule has 0 spiro atoms. The molecular weight excluding hydrogens is 246 g/mol. The lowest BCUT2D eigenvalue weighted by Gasteiger charge is -2.21. The number of carbonyl (C=O) groups is 1. The Balaban J connectivity index is 0.00000180. The van der Waals surface area contributed by atoms with Gasteiger partial charge in [-0.1, -0.05) is 60.7 Å². The van der Waals surface area contributed by atoms with Gasteiger partial charge < -0.3 is 4.90 Å². The van der Waals surface area contributed by atoms with Crippen LogP contribution >= 0.6 is 0 Å². The first-order chi connectivity index (χ1) is 8.70. The van der Waals surface area contributed by atoms with Crippen LogP contribution in [0.2, 0.25) is 0 Å². The van der Waals surface area contributed by atoms with E-state index in [1.165, 1.54) is 0 Å². The summed E-state index contributed by atoms with van der Waals surface area (Å²) in [6.07, 6.45) is 0. The summed E-state index contributed by atoms with van der Waals surface area (Å²) in [5.41, 5.74) is 2.06. The van der Waals surface area contributed by atoms with E-state index in [2.05, 4.69) is 0 Å². The molecule has 2 nitrogen and oxygen atoms in total. The van der Waals surface area contributed by atoms with Crippen LogP contribution < -0.4 is 0 Å². The number of hydrogen-bond acceptors (Lipinski definition) is 1. The lowest BCUT2D eigenvalue weighted by Crippen LogP contribution is -2.28. The van der Waals surface area contributed by atoms with E-state index in [1.54, 1.807) is 19.0 Å². The van der Waals surface area contributed by atoms with Crippen LogP contribution in [0.5, 0.6) is 0 Å². The second-order valence-corrected chi connectivity index (χ2v) is 4.49. The number of likely N-dealkylation sites (N-methyl/N-ethyl adjacent to an activating group) is 1. The molecule has 0 aliphatic heterocycles. The molecule has 0 aliphatic carbocycles. The smallest absolute Gasteiger partial charge is 0.316 e. The summed E-state index contributed by atoms with van der Waals surface area (Å²) < 4.78 is 0. The molecule has 0 fully saturated rings. The Hall–Kier alpha value is -1.32. The van der Waals surface area contributed by atoms with Crippen molar-refractivity contribution in [3.63, 3.8) is 0 Å². The number of nitrogens with zero attached hydrogens (tertiary/aromatic N) is 1. The van der Waals surface area contributed by atoms with Crippen LogP contribution in [0.25, 0.3) is 0 Å². The summed E-state index contributed by atoms with van der Waals surface area (Å²) in [6.45, 7) is 0. The lowest BCUT2D eigenvalue weighted by molar-refractivity contribution is -0.129. The number of rotatable bonds is 3. The zero-order chi connectivity index (χ0) is 13.0. The van der Waals surface area contributed by atoms with Gasteiger partial charge in [0.1, 0.15) is 0 Å². The van der Waals surface area contributed by atoms with E-state index >= 15 is 0 Å². The first-order valence-electron chi connectivity index (χ1n) is 6.01. The first kappa shape index (κ1) is 15.7. The lowest BCUT2D eigenvalue weighted by atomic mass is 9.90. The van der Waals surface area contributed by atoms with Crippen LogP contribution in [-0.2, 0) is 4.79 Å². The molecule has 3 heteroatoms. The van der Waals surface area contributed by atoms with Crippen LogP contribution in [0.1, 0.15) is 17.0 Å². The quantitative estimate of drug-likeness (QED) is 0.777. The zero-order valence-corrected chi connectivity index (χ0v) is 10.7. The molecule has 1 amide bonds. The van der Waals surface area contributed by atoms with Gasteiger partial charge in [0.15, 0.2) is 0 Å². The van der Waals surface area contributed by atoms with Gasteiger partial charge in [-0.2, -0.15) is 0 Å². The molecule has 0 saturated heterocycles. The van der Waals surface area contributed by atoms with Gasteiger partial charge in [-0.15, -0.1) is 0 Å². The van der Waals surface area contributed by atoms with Crippen LogP contribution in [0.3, 0.4) is 0 Å². The van der Waals surface area contributed by atoms with Gasteiger partial charge in [0, 0.05) is 14.1 Å². The van der Waals surface area contributed by atoms with Gasteiger partial charge in [-0.25, -0.2) is 0 Å². The van der Waals surface area contributed by atoms with Crippen molar-refractivity contribution in [2.75, 3.05) is 14.1 Å².